The van der Waals surface area contributed by atoms with E-state index in [-0.39, 0.29) is 6.42 Å². The van der Waals surface area contributed by atoms with Crippen LogP contribution < -0.4 is 0 Å². The molecule has 4 atom stereocenters. The lowest BCUT2D eigenvalue weighted by molar-refractivity contribution is -0.256. The zero-order valence-corrected chi connectivity index (χ0v) is 7.44. The molecule has 2 bridgehead atoms. The molecular formula is C9H8F6. The number of rotatable bonds is 0. The molecule has 0 aromatic rings. The van der Waals surface area contributed by atoms with E-state index in [2.05, 4.69) is 0 Å². The maximum atomic E-state index is 12.5. The number of fused-ring (bicyclic) bond motifs is 2. The molecule has 2 aliphatic carbocycles. The first kappa shape index (κ1) is 10.8. The highest BCUT2D eigenvalue weighted by Crippen LogP contribution is 2.58. The highest BCUT2D eigenvalue weighted by atomic mass is 19.4. The molecule has 0 aromatic heterocycles. The van der Waals surface area contributed by atoms with Gasteiger partial charge in [0.1, 0.15) is 0 Å². The summed E-state index contributed by atoms with van der Waals surface area (Å²) in [5, 5.41) is 0. The summed E-state index contributed by atoms with van der Waals surface area (Å²) in [6.45, 7) is 0. The average Bonchev–Trinajstić information content (AvgIpc) is 2.56. The normalized spacial score (nSPS) is 40.1. The van der Waals surface area contributed by atoms with Gasteiger partial charge < -0.3 is 0 Å². The van der Waals surface area contributed by atoms with Crippen molar-refractivity contribution < 1.29 is 26.3 Å². The fraction of sp³-hybridized carbons (Fsp3) is 0.778. The Hall–Kier alpha value is -0.680. The van der Waals surface area contributed by atoms with Gasteiger partial charge in [0.25, 0.3) is 0 Å². The van der Waals surface area contributed by atoms with Crippen molar-refractivity contribution in [2.45, 2.75) is 18.8 Å². The molecule has 0 nitrogen and oxygen atoms in total. The molecule has 0 N–H and O–H groups in total. The molecule has 1 fully saturated rings. The van der Waals surface area contributed by atoms with Gasteiger partial charge in [0.15, 0.2) is 0 Å². The first-order chi connectivity index (χ1) is 6.71. The van der Waals surface area contributed by atoms with Gasteiger partial charge in [-0.25, -0.2) is 0 Å². The summed E-state index contributed by atoms with van der Waals surface area (Å²) in [5.41, 5.74) is 0. The Kier molecular flexibility index (Phi) is 2.11. The number of halogens is 6. The molecule has 0 saturated heterocycles. The van der Waals surface area contributed by atoms with Crippen molar-refractivity contribution in [1.82, 2.24) is 0 Å². The van der Waals surface area contributed by atoms with Gasteiger partial charge in [-0.2, -0.15) is 26.3 Å². The highest BCUT2D eigenvalue weighted by Gasteiger charge is 2.65. The molecule has 0 amide bonds. The third-order valence-corrected chi connectivity index (χ3v) is 3.22. The van der Waals surface area contributed by atoms with Crippen LogP contribution in [0.4, 0.5) is 26.3 Å². The van der Waals surface area contributed by atoms with Crippen LogP contribution in [0.25, 0.3) is 0 Å². The van der Waals surface area contributed by atoms with Crippen LogP contribution in [0.15, 0.2) is 12.2 Å². The first-order valence-electron chi connectivity index (χ1n) is 4.53. The van der Waals surface area contributed by atoms with Crippen molar-refractivity contribution in [1.29, 1.82) is 0 Å². The number of hydrogen-bond donors (Lipinski definition) is 0. The third-order valence-electron chi connectivity index (χ3n) is 3.22. The van der Waals surface area contributed by atoms with Crippen LogP contribution >= 0.6 is 0 Å². The van der Waals surface area contributed by atoms with Gasteiger partial charge in [0, 0.05) is 0 Å². The molecule has 2 rings (SSSR count). The van der Waals surface area contributed by atoms with Crippen LogP contribution in [0.1, 0.15) is 6.42 Å². The Balaban J connectivity index is 2.33. The summed E-state index contributed by atoms with van der Waals surface area (Å²) in [4.78, 5) is 0. The maximum absolute atomic E-state index is 12.5. The molecule has 86 valence electrons. The lowest BCUT2D eigenvalue weighted by Crippen LogP contribution is -2.41. The zero-order chi connectivity index (χ0) is 11.4. The van der Waals surface area contributed by atoms with Crippen molar-refractivity contribution in [2.24, 2.45) is 23.7 Å². The van der Waals surface area contributed by atoms with Crippen LogP contribution in [-0.2, 0) is 0 Å². The summed E-state index contributed by atoms with van der Waals surface area (Å²) in [7, 11) is 0. The van der Waals surface area contributed by atoms with E-state index in [0.29, 0.717) is 0 Å². The standard InChI is InChI=1S/C9H8F6/c10-8(11,12)6-4-1-2-5(3-4)7(6)9(13,14)15/h1-2,4-7H,3H2/t4-,5-,6-,7-/m0/s1. The zero-order valence-electron chi connectivity index (χ0n) is 7.44. The minimum absolute atomic E-state index is 0.0195. The number of allylic oxidation sites excluding steroid dienone is 2. The average molecular weight is 230 g/mol. The SMILES string of the molecule is FC(F)(F)[C@@H]1[C@@H](C(F)(F)F)[C@H]2C=C[C@H]1C2. The fourth-order valence-electron chi connectivity index (χ4n) is 2.71. The lowest BCUT2D eigenvalue weighted by Gasteiger charge is -2.31. The van der Waals surface area contributed by atoms with E-state index in [9.17, 15) is 26.3 Å². The summed E-state index contributed by atoms with van der Waals surface area (Å²) in [6, 6.07) is 0. The quantitative estimate of drug-likeness (QED) is 0.441. The van der Waals surface area contributed by atoms with E-state index in [4.69, 9.17) is 0 Å². The van der Waals surface area contributed by atoms with E-state index in [1.807, 2.05) is 0 Å². The predicted octanol–water partition coefficient (Wildman–Crippen LogP) is 3.55. The van der Waals surface area contributed by atoms with Gasteiger partial charge in [0.2, 0.25) is 0 Å². The van der Waals surface area contributed by atoms with E-state index in [1.54, 1.807) is 0 Å². The van der Waals surface area contributed by atoms with Crippen molar-refractivity contribution >= 4 is 0 Å². The molecule has 0 unspecified atom stereocenters. The van der Waals surface area contributed by atoms with Gasteiger partial charge >= 0.3 is 12.4 Å². The molecule has 2 aliphatic rings. The van der Waals surface area contributed by atoms with Gasteiger partial charge in [-0.15, -0.1) is 0 Å². The van der Waals surface area contributed by atoms with Crippen molar-refractivity contribution in [2.75, 3.05) is 0 Å². The summed E-state index contributed by atoms with van der Waals surface area (Å²) < 4.78 is 74.8. The summed E-state index contributed by atoms with van der Waals surface area (Å²) in [5.74, 6) is -6.46. The molecular weight excluding hydrogens is 222 g/mol. The molecule has 0 aliphatic heterocycles. The Bertz CT molecular complexity index is 258. The Morgan fingerprint density at radius 3 is 1.33 bits per heavy atom. The lowest BCUT2D eigenvalue weighted by atomic mass is 9.82. The topological polar surface area (TPSA) is 0 Å². The Morgan fingerprint density at radius 2 is 1.07 bits per heavy atom. The highest BCUT2D eigenvalue weighted by molar-refractivity contribution is 5.16. The van der Waals surface area contributed by atoms with Crippen LogP contribution in [0.3, 0.4) is 0 Å². The van der Waals surface area contributed by atoms with E-state index >= 15 is 0 Å². The van der Waals surface area contributed by atoms with Crippen molar-refractivity contribution in [3.63, 3.8) is 0 Å². The van der Waals surface area contributed by atoms with Gasteiger partial charge in [-0.3, -0.25) is 0 Å². The molecule has 15 heavy (non-hydrogen) atoms. The van der Waals surface area contributed by atoms with Crippen molar-refractivity contribution in [3.05, 3.63) is 12.2 Å². The predicted molar refractivity (Wildman–Crippen MR) is 39.8 cm³/mol. The van der Waals surface area contributed by atoms with Crippen LogP contribution in [-0.4, -0.2) is 12.4 Å². The van der Waals surface area contributed by atoms with E-state index < -0.39 is 36.0 Å². The first-order valence-corrected chi connectivity index (χ1v) is 4.53. The second-order valence-electron chi connectivity index (χ2n) is 4.08. The van der Waals surface area contributed by atoms with Gasteiger partial charge in [-0.05, 0) is 18.3 Å². The van der Waals surface area contributed by atoms with Crippen LogP contribution in [0.5, 0.6) is 0 Å². The summed E-state index contributed by atoms with van der Waals surface area (Å²) >= 11 is 0. The Labute approximate surface area is 82.0 Å². The second kappa shape index (κ2) is 2.92. The Morgan fingerprint density at radius 1 is 0.733 bits per heavy atom. The molecule has 6 heteroatoms. The maximum Gasteiger partial charge on any atom is 0.393 e. The molecule has 1 saturated carbocycles. The number of hydrogen-bond acceptors (Lipinski definition) is 0. The minimum Gasteiger partial charge on any atom is -0.171 e. The molecule has 0 heterocycles. The third kappa shape index (κ3) is 1.63. The fourth-order valence-corrected chi connectivity index (χ4v) is 2.71. The molecule has 0 aromatic carbocycles. The van der Waals surface area contributed by atoms with Crippen LogP contribution in [0, 0.1) is 23.7 Å². The number of alkyl halides is 6. The smallest absolute Gasteiger partial charge is 0.171 e. The van der Waals surface area contributed by atoms with E-state index in [1.165, 1.54) is 12.2 Å². The summed E-state index contributed by atoms with van der Waals surface area (Å²) in [6.07, 6.45) is -7.00. The van der Waals surface area contributed by atoms with E-state index in [0.717, 1.165) is 0 Å². The molecule has 0 radical (unpaired) electrons. The largest absolute Gasteiger partial charge is 0.393 e. The monoisotopic (exact) mass is 230 g/mol. The van der Waals surface area contributed by atoms with Crippen LogP contribution in [0.2, 0.25) is 0 Å². The van der Waals surface area contributed by atoms with Gasteiger partial charge in [-0.1, -0.05) is 12.2 Å². The molecule has 0 spiro atoms. The van der Waals surface area contributed by atoms with Gasteiger partial charge in [0.05, 0.1) is 11.8 Å². The second-order valence-corrected chi connectivity index (χ2v) is 4.08. The van der Waals surface area contributed by atoms with Crippen molar-refractivity contribution in [3.8, 4) is 0 Å². The minimum atomic E-state index is -4.76.